The van der Waals surface area contributed by atoms with Gasteiger partial charge in [-0.1, -0.05) is 91.0 Å². The normalized spacial score (nSPS) is 13.1. The van der Waals surface area contributed by atoms with Crippen LogP contribution in [0.15, 0.2) is 85.0 Å². The van der Waals surface area contributed by atoms with Gasteiger partial charge in [0.15, 0.2) is 0 Å². The van der Waals surface area contributed by atoms with E-state index in [1.54, 1.807) is 13.8 Å². The summed E-state index contributed by atoms with van der Waals surface area (Å²) in [6, 6.07) is 20.4. The lowest BCUT2D eigenvalue weighted by Crippen LogP contribution is -2.13. The predicted octanol–water partition coefficient (Wildman–Crippen LogP) is 5.11. The summed E-state index contributed by atoms with van der Waals surface area (Å²) in [5.41, 5.74) is 2.53. The van der Waals surface area contributed by atoms with Gasteiger partial charge in [0.2, 0.25) is 0 Å². The minimum Gasteiger partial charge on any atom is -0.386 e. The van der Waals surface area contributed by atoms with Crippen molar-refractivity contribution < 1.29 is 5.11 Å². The summed E-state index contributed by atoms with van der Waals surface area (Å²) < 4.78 is 0. The van der Waals surface area contributed by atoms with Crippen molar-refractivity contribution in [1.29, 1.82) is 0 Å². The fourth-order valence-corrected chi connectivity index (χ4v) is 2.00. The Morgan fingerprint density at radius 2 is 1.50 bits per heavy atom. The van der Waals surface area contributed by atoms with Crippen molar-refractivity contribution in [1.82, 2.24) is 0 Å². The Labute approximate surface area is 132 Å². The van der Waals surface area contributed by atoms with Gasteiger partial charge < -0.3 is 5.11 Å². The molecule has 0 aliphatic rings. The molecule has 0 amide bonds. The van der Waals surface area contributed by atoms with Crippen LogP contribution in [0.25, 0.3) is 11.6 Å². The van der Waals surface area contributed by atoms with Gasteiger partial charge >= 0.3 is 0 Å². The second kappa shape index (κ2) is 7.58. The molecule has 0 saturated heterocycles. The van der Waals surface area contributed by atoms with Crippen LogP contribution >= 0.6 is 0 Å². The van der Waals surface area contributed by atoms with E-state index >= 15 is 0 Å². The Morgan fingerprint density at radius 3 is 2.09 bits per heavy atom. The van der Waals surface area contributed by atoms with E-state index in [2.05, 4.69) is 36.4 Å². The van der Waals surface area contributed by atoms with Gasteiger partial charge in [-0.05, 0) is 30.5 Å². The Kier molecular flexibility index (Phi) is 5.51. The molecule has 2 aromatic carbocycles. The number of hydrogen-bond acceptors (Lipinski definition) is 1. The van der Waals surface area contributed by atoms with Gasteiger partial charge in [-0.25, -0.2) is 0 Å². The molecule has 0 spiro atoms. The molecule has 112 valence electrons. The largest absolute Gasteiger partial charge is 0.386 e. The highest BCUT2D eigenvalue weighted by atomic mass is 16.3. The van der Waals surface area contributed by atoms with Crippen LogP contribution < -0.4 is 0 Å². The van der Waals surface area contributed by atoms with Gasteiger partial charge in [0.05, 0.1) is 5.60 Å². The van der Waals surface area contributed by atoms with E-state index in [4.69, 9.17) is 0 Å². The zero-order valence-electron chi connectivity index (χ0n) is 13.1. The molecule has 0 saturated carbocycles. The van der Waals surface area contributed by atoms with E-state index in [0.29, 0.717) is 0 Å². The van der Waals surface area contributed by atoms with Crippen LogP contribution in [0.4, 0.5) is 0 Å². The monoisotopic (exact) mass is 290 g/mol. The molecule has 0 fully saturated rings. The molecule has 0 aliphatic carbocycles. The van der Waals surface area contributed by atoms with Crippen molar-refractivity contribution in [3.63, 3.8) is 0 Å². The molecule has 0 atom stereocenters. The molecule has 0 radical (unpaired) electrons. The molecule has 0 heterocycles. The highest BCUT2D eigenvalue weighted by molar-refractivity contribution is 5.76. The maximum Gasteiger partial charge on any atom is 0.0774 e. The number of hydrogen-bond donors (Lipinski definition) is 1. The minimum atomic E-state index is -0.822. The molecule has 22 heavy (non-hydrogen) atoms. The maximum atomic E-state index is 9.88. The Bertz CT molecular complexity index is 656. The molecule has 2 rings (SSSR count). The quantitative estimate of drug-likeness (QED) is 0.759. The van der Waals surface area contributed by atoms with Gasteiger partial charge in [0.25, 0.3) is 0 Å². The summed E-state index contributed by atoms with van der Waals surface area (Å²) in [5, 5.41) is 9.88. The lowest BCUT2D eigenvalue weighted by atomic mass is 10.0. The van der Waals surface area contributed by atoms with E-state index in [1.807, 2.05) is 54.6 Å². The molecule has 0 aliphatic heterocycles. The van der Waals surface area contributed by atoms with Gasteiger partial charge in [-0.3, -0.25) is 0 Å². The third kappa shape index (κ3) is 5.55. The first-order valence-corrected chi connectivity index (χ1v) is 7.45. The van der Waals surface area contributed by atoms with Crippen LogP contribution in [0, 0.1) is 0 Å². The van der Waals surface area contributed by atoms with E-state index in [1.165, 1.54) is 0 Å². The molecule has 0 unspecified atom stereocenters. The Morgan fingerprint density at radius 1 is 0.909 bits per heavy atom. The summed E-state index contributed by atoms with van der Waals surface area (Å²) in [6.45, 7) is 3.54. The van der Waals surface area contributed by atoms with Gasteiger partial charge in [-0.15, -0.1) is 0 Å². The smallest absolute Gasteiger partial charge is 0.0774 e. The number of aliphatic hydroxyl groups is 1. The van der Waals surface area contributed by atoms with Crippen LogP contribution in [0.2, 0.25) is 0 Å². The number of benzene rings is 2. The van der Waals surface area contributed by atoms with Crippen molar-refractivity contribution in [3.05, 3.63) is 96.1 Å². The molecular formula is C21H22O. The molecule has 0 aromatic heterocycles. The molecule has 1 N–H and O–H groups in total. The van der Waals surface area contributed by atoms with Crippen LogP contribution in [-0.4, -0.2) is 10.7 Å². The minimum absolute atomic E-state index is 0.822. The fraction of sp³-hybridized carbons (Fsp3) is 0.143. The van der Waals surface area contributed by atoms with E-state index in [0.717, 1.165) is 16.7 Å². The first-order chi connectivity index (χ1) is 10.5. The third-order valence-corrected chi connectivity index (χ3v) is 3.14. The number of allylic oxidation sites excluding steroid dienone is 4. The summed E-state index contributed by atoms with van der Waals surface area (Å²) in [6.07, 6.45) is 9.94. The summed E-state index contributed by atoms with van der Waals surface area (Å²) in [7, 11) is 0. The van der Waals surface area contributed by atoms with Gasteiger partial charge in [-0.2, -0.15) is 0 Å². The van der Waals surface area contributed by atoms with Crippen LogP contribution in [0.3, 0.4) is 0 Å². The van der Waals surface area contributed by atoms with Crippen molar-refractivity contribution in [2.24, 2.45) is 0 Å². The highest BCUT2D eigenvalue weighted by Gasteiger charge is 2.06. The van der Waals surface area contributed by atoms with Crippen LogP contribution in [-0.2, 0) is 0 Å². The number of rotatable bonds is 5. The fourth-order valence-electron chi connectivity index (χ4n) is 2.00. The first kappa shape index (κ1) is 16.0. The maximum absolute atomic E-state index is 9.88. The lowest BCUT2D eigenvalue weighted by molar-refractivity contribution is 0.133. The summed E-state index contributed by atoms with van der Waals surface area (Å²) >= 11 is 0. The second-order valence-electron chi connectivity index (χ2n) is 5.74. The van der Waals surface area contributed by atoms with Gasteiger partial charge in [0, 0.05) is 0 Å². The Hall–Kier alpha value is -2.38. The highest BCUT2D eigenvalue weighted by Crippen LogP contribution is 2.18. The summed E-state index contributed by atoms with van der Waals surface area (Å²) in [5.74, 6) is 0. The van der Waals surface area contributed by atoms with Crippen LogP contribution in [0.5, 0.6) is 0 Å². The zero-order valence-corrected chi connectivity index (χ0v) is 13.1. The average Bonchev–Trinajstić information content (AvgIpc) is 2.51. The topological polar surface area (TPSA) is 20.2 Å². The molecular weight excluding hydrogens is 268 g/mol. The standard InChI is InChI=1S/C21H22O/c1-21(2,22)17-16-20(19-13-7-4-8-14-19)15-9-12-18-10-5-3-6-11-18/h3-17,22H,1-2H3/b12-9-,17-16+,20-15-. The van der Waals surface area contributed by atoms with Crippen molar-refractivity contribution in [2.75, 3.05) is 0 Å². The first-order valence-electron chi connectivity index (χ1n) is 7.45. The zero-order chi connectivity index (χ0) is 15.8. The molecule has 2 aromatic rings. The van der Waals surface area contributed by atoms with E-state index < -0.39 is 5.60 Å². The predicted molar refractivity (Wildman–Crippen MR) is 95.3 cm³/mol. The van der Waals surface area contributed by atoms with Crippen molar-refractivity contribution in [2.45, 2.75) is 19.4 Å². The summed E-state index contributed by atoms with van der Waals surface area (Å²) in [4.78, 5) is 0. The molecule has 1 nitrogen and oxygen atoms in total. The lowest BCUT2D eigenvalue weighted by Gasteiger charge is -2.11. The third-order valence-electron chi connectivity index (χ3n) is 3.14. The van der Waals surface area contributed by atoms with Crippen molar-refractivity contribution in [3.8, 4) is 0 Å². The van der Waals surface area contributed by atoms with Gasteiger partial charge in [0.1, 0.15) is 0 Å². The Balaban J connectivity index is 2.26. The van der Waals surface area contributed by atoms with Crippen LogP contribution in [0.1, 0.15) is 25.0 Å². The van der Waals surface area contributed by atoms with Crippen molar-refractivity contribution >= 4 is 11.6 Å². The molecule has 1 heteroatoms. The average molecular weight is 290 g/mol. The van der Waals surface area contributed by atoms with E-state index in [9.17, 15) is 5.11 Å². The second-order valence-corrected chi connectivity index (χ2v) is 5.74. The van der Waals surface area contributed by atoms with E-state index in [-0.39, 0.29) is 0 Å². The SMILES string of the molecule is CC(C)(O)/C=C/C(=C/C=C\c1ccccc1)c1ccccc1. The molecule has 0 bridgehead atoms.